The maximum absolute atomic E-state index is 12.1. The fourth-order valence-corrected chi connectivity index (χ4v) is 3.39. The average Bonchev–Trinajstić information content (AvgIpc) is 2.73. The summed E-state index contributed by atoms with van der Waals surface area (Å²) in [5, 5.41) is 11.7. The minimum Gasteiger partial charge on any atom is -0.492 e. The zero-order chi connectivity index (χ0) is 20.2. The largest absolute Gasteiger partial charge is 0.492 e. The molecule has 0 atom stereocenters. The van der Waals surface area contributed by atoms with Crippen LogP contribution in [0.5, 0.6) is 5.75 Å². The van der Waals surface area contributed by atoms with Crippen LogP contribution < -0.4 is 10.1 Å². The van der Waals surface area contributed by atoms with Crippen LogP contribution in [0.2, 0.25) is 0 Å². The molecule has 148 valence electrons. The monoisotopic (exact) mass is 397 g/mol. The molecule has 0 aliphatic carbocycles. The van der Waals surface area contributed by atoms with Gasteiger partial charge < -0.3 is 15.0 Å². The van der Waals surface area contributed by atoms with Crippen molar-refractivity contribution in [3.8, 4) is 11.8 Å². The summed E-state index contributed by atoms with van der Waals surface area (Å²) in [4.78, 5) is 14.4. The summed E-state index contributed by atoms with van der Waals surface area (Å²) in [6.07, 6.45) is 0. The molecule has 0 unspecified atom stereocenters. The van der Waals surface area contributed by atoms with Crippen molar-refractivity contribution in [2.45, 2.75) is 19.6 Å². The number of anilines is 1. The van der Waals surface area contributed by atoms with Gasteiger partial charge in [0.05, 0.1) is 17.4 Å². The maximum atomic E-state index is 12.1. The number of likely N-dealkylation sites (N-methyl/N-ethyl adjacent to an activating group) is 1. The van der Waals surface area contributed by atoms with Gasteiger partial charge in [0.1, 0.15) is 12.4 Å². The number of nitriles is 1. The highest BCUT2D eigenvalue weighted by atomic mass is 32.2. The van der Waals surface area contributed by atoms with Crippen LogP contribution in [0.25, 0.3) is 0 Å². The number of ether oxygens (including phenoxy) is 1. The van der Waals surface area contributed by atoms with Crippen molar-refractivity contribution in [3.05, 3.63) is 59.7 Å². The molecule has 0 fully saturated rings. The molecule has 5 nitrogen and oxygen atoms in total. The fourth-order valence-electron chi connectivity index (χ4n) is 2.60. The Bertz CT molecular complexity index is 766. The average molecular weight is 398 g/mol. The highest BCUT2D eigenvalue weighted by Gasteiger charge is 2.04. The summed E-state index contributed by atoms with van der Waals surface area (Å²) in [6, 6.07) is 17.0. The standard InChI is InChI=1S/C22H27N3O2S/c1-3-25(4-2)13-14-27-21-11-9-20(10-12-21)24-22(26)17-28-16-19-7-5-18(15-23)6-8-19/h5-12H,3-4,13-14,16-17H2,1-2H3,(H,24,26). The second-order valence-electron chi connectivity index (χ2n) is 6.25. The highest BCUT2D eigenvalue weighted by molar-refractivity contribution is 7.99. The Morgan fingerprint density at radius 1 is 1.11 bits per heavy atom. The van der Waals surface area contributed by atoms with Gasteiger partial charge in [-0.3, -0.25) is 4.79 Å². The fraction of sp³-hybridized carbons (Fsp3) is 0.364. The van der Waals surface area contributed by atoms with Crippen LogP contribution in [0.15, 0.2) is 48.5 Å². The Balaban J connectivity index is 1.69. The van der Waals surface area contributed by atoms with Gasteiger partial charge in [-0.25, -0.2) is 0 Å². The molecule has 0 saturated carbocycles. The van der Waals surface area contributed by atoms with Crippen LogP contribution in [0.3, 0.4) is 0 Å². The molecule has 0 bridgehead atoms. The molecule has 0 saturated heterocycles. The smallest absolute Gasteiger partial charge is 0.234 e. The number of hydrogen-bond acceptors (Lipinski definition) is 5. The topological polar surface area (TPSA) is 65.4 Å². The van der Waals surface area contributed by atoms with Crippen LogP contribution in [0.1, 0.15) is 25.0 Å². The minimum absolute atomic E-state index is 0.0335. The number of hydrogen-bond donors (Lipinski definition) is 1. The van der Waals surface area contributed by atoms with Crippen LogP contribution in [-0.2, 0) is 10.5 Å². The Morgan fingerprint density at radius 3 is 2.39 bits per heavy atom. The van der Waals surface area contributed by atoms with Gasteiger partial charge in [-0.1, -0.05) is 26.0 Å². The lowest BCUT2D eigenvalue weighted by molar-refractivity contribution is -0.113. The molecular weight excluding hydrogens is 370 g/mol. The van der Waals surface area contributed by atoms with Gasteiger partial charge in [0.2, 0.25) is 5.91 Å². The van der Waals surface area contributed by atoms with Crippen molar-refractivity contribution >= 4 is 23.4 Å². The third-order valence-electron chi connectivity index (χ3n) is 4.29. The molecule has 2 aromatic carbocycles. The lowest BCUT2D eigenvalue weighted by atomic mass is 10.2. The normalized spacial score (nSPS) is 10.5. The Hall–Kier alpha value is -2.49. The molecule has 2 aromatic rings. The Labute approximate surface area is 171 Å². The number of nitrogens with one attached hydrogen (secondary N) is 1. The van der Waals surface area contributed by atoms with Crippen LogP contribution >= 0.6 is 11.8 Å². The molecule has 1 N–H and O–H groups in total. The van der Waals surface area contributed by atoms with Crippen molar-refractivity contribution in [2.75, 3.05) is 37.3 Å². The number of thioether (sulfide) groups is 1. The summed E-state index contributed by atoms with van der Waals surface area (Å²) in [7, 11) is 0. The van der Waals surface area contributed by atoms with E-state index in [0.29, 0.717) is 17.9 Å². The molecule has 0 spiro atoms. The van der Waals surface area contributed by atoms with Crippen LogP contribution in [0, 0.1) is 11.3 Å². The first-order chi connectivity index (χ1) is 13.6. The van der Waals surface area contributed by atoms with E-state index in [1.54, 1.807) is 23.9 Å². The van der Waals surface area contributed by atoms with Gasteiger partial charge in [0, 0.05) is 18.0 Å². The summed E-state index contributed by atoms with van der Waals surface area (Å²) >= 11 is 1.54. The van der Waals surface area contributed by atoms with E-state index in [-0.39, 0.29) is 5.91 Å². The number of nitrogens with zero attached hydrogens (tertiary/aromatic N) is 2. The van der Waals surface area contributed by atoms with Gasteiger partial charge in [0.25, 0.3) is 0 Å². The predicted molar refractivity (Wildman–Crippen MR) is 116 cm³/mol. The summed E-state index contributed by atoms with van der Waals surface area (Å²) < 4.78 is 5.75. The van der Waals surface area contributed by atoms with Gasteiger partial charge in [-0.05, 0) is 55.1 Å². The van der Waals surface area contributed by atoms with E-state index < -0.39 is 0 Å². The molecule has 28 heavy (non-hydrogen) atoms. The number of carbonyl (C=O) groups excluding carboxylic acids is 1. The lowest BCUT2D eigenvalue weighted by Gasteiger charge is -2.18. The second kappa shape index (κ2) is 12.1. The van der Waals surface area contributed by atoms with E-state index in [1.807, 2.05) is 36.4 Å². The first-order valence-corrected chi connectivity index (χ1v) is 10.6. The highest BCUT2D eigenvalue weighted by Crippen LogP contribution is 2.17. The maximum Gasteiger partial charge on any atom is 0.234 e. The van der Waals surface area contributed by atoms with Gasteiger partial charge in [0.15, 0.2) is 0 Å². The van der Waals surface area contributed by atoms with E-state index in [0.717, 1.165) is 42.4 Å². The van der Waals surface area contributed by atoms with E-state index in [9.17, 15) is 4.79 Å². The van der Waals surface area contributed by atoms with E-state index in [1.165, 1.54) is 0 Å². The van der Waals surface area contributed by atoms with E-state index in [4.69, 9.17) is 10.00 Å². The van der Waals surface area contributed by atoms with Crippen molar-refractivity contribution in [1.82, 2.24) is 4.90 Å². The number of amides is 1. The van der Waals surface area contributed by atoms with Crippen molar-refractivity contribution < 1.29 is 9.53 Å². The molecule has 0 aliphatic heterocycles. The first kappa shape index (κ1) is 21.8. The van der Waals surface area contributed by atoms with Crippen molar-refractivity contribution in [1.29, 1.82) is 5.26 Å². The summed E-state index contributed by atoms with van der Waals surface area (Å²) in [6.45, 7) is 7.89. The van der Waals surface area contributed by atoms with E-state index in [2.05, 4.69) is 30.1 Å². The van der Waals surface area contributed by atoms with Gasteiger partial charge in [-0.15, -0.1) is 11.8 Å². The van der Waals surface area contributed by atoms with E-state index >= 15 is 0 Å². The molecule has 6 heteroatoms. The molecule has 0 aromatic heterocycles. The zero-order valence-corrected chi connectivity index (χ0v) is 17.3. The Kier molecular flexibility index (Phi) is 9.40. The van der Waals surface area contributed by atoms with Crippen molar-refractivity contribution in [2.24, 2.45) is 0 Å². The molecule has 0 radical (unpaired) electrons. The summed E-state index contributed by atoms with van der Waals surface area (Å²) in [5.74, 6) is 1.88. The molecule has 1 amide bonds. The summed E-state index contributed by atoms with van der Waals surface area (Å²) in [5.41, 5.74) is 2.51. The zero-order valence-electron chi connectivity index (χ0n) is 16.5. The van der Waals surface area contributed by atoms with Crippen LogP contribution in [0.4, 0.5) is 5.69 Å². The third-order valence-corrected chi connectivity index (χ3v) is 5.30. The number of benzene rings is 2. The number of rotatable bonds is 11. The van der Waals surface area contributed by atoms with Gasteiger partial charge in [-0.2, -0.15) is 5.26 Å². The molecule has 2 rings (SSSR count). The molecular formula is C22H27N3O2S. The first-order valence-electron chi connectivity index (χ1n) is 9.46. The second-order valence-corrected chi connectivity index (χ2v) is 7.24. The van der Waals surface area contributed by atoms with Gasteiger partial charge >= 0.3 is 0 Å². The predicted octanol–water partition coefficient (Wildman–Crippen LogP) is 4.15. The minimum atomic E-state index is -0.0335. The SMILES string of the molecule is CCN(CC)CCOc1ccc(NC(=O)CSCc2ccc(C#N)cc2)cc1. The molecule has 0 aliphatic rings. The third kappa shape index (κ3) is 7.63. The molecule has 0 heterocycles. The van der Waals surface area contributed by atoms with Crippen LogP contribution in [-0.4, -0.2) is 42.8 Å². The lowest BCUT2D eigenvalue weighted by Crippen LogP contribution is -2.27. The quantitative estimate of drug-likeness (QED) is 0.617. The Morgan fingerprint density at radius 2 is 1.79 bits per heavy atom. The van der Waals surface area contributed by atoms with Crippen molar-refractivity contribution in [3.63, 3.8) is 0 Å². The number of carbonyl (C=O) groups is 1.